The summed E-state index contributed by atoms with van der Waals surface area (Å²) in [6.45, 7) is 6.17. The number of rotatable bonds is 5. The van der Waals surface area contributed by atoms with Gasteiger partial charge in [0.25, 0.3) is 0 Å². The van der Waals surface area contributed by atoms with Gasteiger partial charge in [0.15, 0.2) is 0 Å². The highest BCUT2D eigenvalue weighted by atomic mass is 16.5. The summed E-state index contributed by atoms with van der Waals surface area (Å²) in [5, 5.41) is 3.34. The van der Waals surface area contributed by atoms with Crippen molar-refractivity contribution in [2.75, 3.05) is 33.3 Å². The van der Waals surface area contributed by atoms with Crippen molar-refractivity contribution in [1.82, 2.24) is 10.2 Å². The second kappa shape index (κ2) is 6.19. The highest BCUT2D eigenvalue weighted by Gasteiger charge is 2.27. The van der Waals surface area contributed by atoms with E-state index in [-0.39, 0.29) is 6.10 Å². The molecule has 96 valence electrons. The van der Waals surface area contributed by atoms with Crippen LogP contribution in [0.2, 0.25) is 0 Å². The fourth-order valence-electron chi connectivity index (χ4n) is 2.33. The van der Waals surface area contributed by atoms with Gasteiger partial charge in [-0.2, -0.15) is 0 Å². The zero-order chi connectivity index (χ0) is 12.1. The molecule has 4 nitrogen and oxygen atoms in total. The topological polar surface area (TPSA) is 37.6 Å². The van der Waals surface area contributed by atoms with Gasteiger partial charge < -0.3 is 14.5 Å². The van der Waals surface area contributed by atoms with E-state index >= 15 is 0 Å². The maximum absolute atomic E-state index is 5.87. The lowest BCUT2D eigenvalue weighted by Gasteiger charge is -2.36. The summed E-state index contributed by atoms with van der Waals surface area (Å²) in [6, 6.07) is 4.27. The second-order valence-corrected chi connectivity index (χ2v) is 4.48. The molecule has 0 aliphatic carbocycles. The second-order valence-electron chi connectivity index (χ2n) is 4.48. The molecule has 1 aliphatic heterocycles. The lowest BCUT2D eigenvalue weighted by Crippen LogP contribution is -2.52. The van der Waals surface area contributed by atoms with Crippen LogP contribution in [0.25, 0.3) is 0 Å². The minimum absolute atomic E-state index is 0.249. The average Bonchev–Trinajstić information content (AvgIpc) is 2.89. The number of morpholine rings is 1. The molecule has 2 heterocycles. The zero-order valence-electron chi connectivity index (χ0n) is 10.7. The van der Waals surface area contributed by atoms with Crippen molar-refractivity contribution in [3.63, 3.8) is 0 Å². The first-order valence-electron chi connectivity index (χ1n) is 6.37. The van der Waals surface area contributed by atoms with Crippen LogP contribution in [0, 0.1) is 0 Å². The standard InChI is InChI=1S/C13H22N2O2/c1-3-15-6-8-17-13(10-15)12(14-2)9-11-5-4-7-16-11/h4-5,7,12-14H,3,6,8-10H2,1-2H3. The normalized spacial score (nSPS) is 23.8. The van der Waals surface area contributed by atoms with E-state index in [1.165, 1.54) is 0 Å². The van der Waals surface area contributed by atoms with Gasteiger partial charge in [-0.1, -0.05) is 6.92 Å². The predicted molar refractivity (Wildman–Crippen MR) is 67.1 cm³/mol. The van der Waals surface area contributed by atoms with Gasteiger partial charge in [-0.05, 0) is 25.7 Å². The number of nitrogens with one attached hydrogen (secondary N) is 1. The van der Waals surface area contributed by atoms with Crippen LogP contribution in [0.3, 0.4) is 0 Å². The molecule has 1 aromatic rings. The van der Waals surface area contributed by atoms with E-state index in [9.17, 15) is 0 Å². The largest absolute Gasteiger partial charge is 0.469 e. The summed E-state index contributed by atoms with van der Waals surface area (Å²) in [4.78, 5) is 2.43. The first-order valence-corrected chi connectivity index (χ1v) is 6.37. The van der Waals surface area contributed by atoms with Crippen LogP contribution in [0.1, 0.15) is 12.7 Å². The summed E-state index contributed by atoms with van der Waals surface area (Å²) in [6.07, 6.45) is 2.85. The Morgan fingerprint density at radius 2 is 2.47 bits per heavy atom. The SMILES string of the molecule is CCN1CCOC(C(Cc2ccco2)NC)C1. The highest BCUT2D eigenvalue weighted by Crippen LogP contribution is 2.13. The fraction of sp³-hybridized carbons (Fsp3) is 0.692. The number of furan rings is 1. The first kappa shape index (κ1) is 12.6. The molecule has 17 heavy (non-hydrogen) atoms. The van der Waals surface area contributed by atoms with Gasteiger partial charge in [-0.3, -0.25) is 4.90 Å². The van der Waals surface area contributed by atoms with Crippen LogP contribution in [0.5, 0.6) is 0 Å². The van der Waals surface area contributed by atoms with Gasteiger partial charge in [0.1, 0.15) is 5.76 Å². The molecule has 0 saturated carbocycles. The number of hydrogen-bond donors (Lipinski definition) is 1. The van der Waals surface area contributed by atoms with Gasteiger partial charge >= 0.3 is 0 Å². The molecule has 1 aromatic heterocycles. The summed E-state index contributed by atoms with van der Waals surface area (Å²) in [5.41, 5.74) is 0. The molecule has 0 radical (unpaired) electrons. The number of likely N-dealkylation sites (N-methyl/N-ethyl adjacent to an activating group) is 2. The summed E-state index contributed by atoms with van der Waals surface area (Å²) in [5.74, 6) is 1.02. The molecule has 1 saturated heterocycles. The van der Waals surface area contributed by atoms with Crippen molar-refractivity contribution in [1.29, 1.82) is 0 Å². The monoisotopic (exact) mass is 238 g/mol. The van der Waals surface area contributed by atoms with Crippen LogP contribution in [-0.4, -0.2) is 50.3 Å². The van der Waals surface area contributed by atoms with Crippen molar-refractivity contribution in [2.45, 2.75) is 25.5 Å². The van der Waals surface area contributed by atoms with E-state index in [2.05, 4.69) is 17.1 Å². The molecule has 0 bridgehead atoms. The van der Waals surface area contributed by atoms with E-state index in [1.54, 1.807) is 6.26 Å². The van der Waals surface area contributed by atoms with E-state index in [4.69, 9.17) is 9.15 Å². The molecule has 4 heteroatoms. The zero-order valence-corrected chi connectivity index (χ0v) is 10.7. The Morgan fingerprint density at radius 1 is 1.59 bits per heavy atom. The molecule has 1 N–H and O–H groups in total. The Morgan fingerprint density at radius 3 is 3.12 bits per heavy atom. The third-order valence-corrected chi connectivity index (χ3v) is 3.45. The summed E-state index contributed by atoms with van der Waals surface area (Å²) < 4.78 is 11.3. The van der Waals surface area contributed by atoms with Gasteiger partial charge in [-0.25, -0.2) is 0 Å². The lowest BCUT2D eigenvalue weighted by molar-refractivity contribution is -0.0442. The van der Waals surface area contributed by atoms with Crippen LogP contribution in [0.4, 0.5) is 0 Å². The Bertz CT molecular complexity index is 313. The van der Waals surface area contributed by atoms with E-state index in [0.29, 0.717) is 6.04 Å². The van der Waals surface area contributed by atoms with Gasteiger partial charge in [0, 0.05) is 25.6 Å². The number of ether oxygens (including phenoxy) is 1. The van der Waals surface area contributed by atoms with Crippen LogP contribution >= 0.6 is 0 Å². The quantitative estimate of drug-likeness (QED) is 0.834. The van der Waals surface area contributed by atoms with Crippen molar-refractivity contribution >= 4 is 0 Å². The number of hydrogen-bond acceptors (Lipinski definition) is 4. The molecular formula is C13H22N2O2. The molecule has 2 unspecified atom stereocenters. The minimum atomic E-state index is 0.249. The van der Waals surface area contributed by atoms with Crippen molar-refractivity contribution in [3.8, 4) is 0 Å². The Hall–Kier alpha value is -0.840. The Kier molecular flexibility index (Phi) is 4.59. The molecule has 0 aromatic carbocycles. The molecule has 1 aliphatic rings. The van der Waals surface area contributed by atoms with Crippen molar-refractivity contribution in [2.24, 2.45) is 0 Å². The Labute approximate surface area is 103 Å². The van der Waals surface area contributed by atoms with E-state index < -0.39 is 0 Å². The van der Waals surface area contributed by atoms with Crippen molar-refractivity contribution in [3.05, 3.63) is 24.2 Å². The first-order chi connectivity index (χ1) is 8.33. The molecule has 0 spiro atoms. The van der Waals surface area contributed by atoms with Crippen LogP contribution in [-0.2, 0) is 11.2 Å². The van der Waals surface area contributed by atoms with Gasteiger partial charge in [-0.15, -0.1) is 0 Å². The lowest BCUT2D eigenvalue weighted by atomic mass is 10.0. The molecule has 1 fully saturated rings. The van der Waals surface area contributed by atoms with E-state index in [1.807, 2.05) is 19.2 Å². The predicted octanol–water partition coefficient (Wildman–Crippen LogP) is 1.13. The van der Waals surface area contributed by atoms with E-state index in [0.717, 1.165) is 38.4 Å². The Balaban J connectivity index is 1.93. The number of nitrogens with zero attached hydrogens (tertiary/aromatic N) is 1. The van der Waals surface area contributed by atoms with Gasteiger partial charge in [0.05, 0.1) is 19.0 Å². The third-order valence-electron chi connectivity index (χ3n) is 3.45. The average molecular weight is 238 g/mol. The molecule has 0 amide bonds. The molecule has 2 rings (SSSR count). The smallest absolute Gasteiger partial charge is 0.105 e. The highest BCUT2D eigenvalue weighted by molar-refractivity contribution is 5.02. The molecule has 2 atom stereocenters. The molecular weight excluding hydrogens is 216 g/mol. The minimum Gasteiger partial charge on any atom is -0.469 e. The van der Waals surface area contributed by atoms with Crippen LogP contribution in [0.15, 0.2) is 22.8 Å². The third kappa shape index (κ3) is 3.31. The maximum Gasteiger partial charge on any atom is 0.105 e. The summed E-state index contributed by atoms with van der Waals surface area (Å²) in [7, 11) is 1.99. The maximum atomic E-state index is 5.87. The fourth-order valence-corrected chi connectivity index (χ4v) is 2.33. The van der Waals surface area contributed by atoms with Crippen molar-refractivity contribution < 1.29 is 9.15 Å². The van der Waals surface area contributed by atoms with Crippen LogP contribution < -0.4 is 5.32 Å². The van der Waals surface area contributed by atoms with Gasteiger partial charge in [0.2, 0.25) is 0 Å². The summed E-state index contributed by atoms with van der Waals surface area (Å²) >= 11 is 0.